The summed E-state index contributed by atoms with van der Waals surface area (Å²) in [6.45, 7) is 3.57. The standard InChI is InChI=1S/C13H19NO3/c1-5-13(2,12(15)16)14(3)10-8-6-7-9-11(10)17-4/h6-9H,5H2,1-4H3,(H,15,16). The smallest absolute Gasteiger partial charge is 0.329 e. The maximum Gasteiger partial charge on any atom is 0.329 e. The number of rotatable bonds is 5. The van der Waals surface area contributed by atoms with Gasteiger partial charge in [-0.15, -0.1) is 0 Å². The topological polar surface area (TPSA) is 49.8 Å². The highest BCUT2D eigenvalue weighted by atomic mass is 16.5. The van der Waals surface area contributed by atoms with Crippen molar-refractivity contribution in [3.05, 3.63) is 24.3 Å². The van der Waals surface area contributed by atoms with Crippen molar-refractivity contribution in [2.75, 3.05) is 19.1 Å². The minimum Gasteiger partial charge on any atom is -0.495 e. The fourth-order valence-electron chi connectivity index (χ4n) is 1.70. The van der Waals surface area contributed by atoms with Gasteiger partial charge >= 0.3 is 5.97 Å². The molecule has 0 aliphatic carbocycles. The summed E-state index contributed by atoms with van der Waals surface area (Å²) >= 11 is 0. The van der Waals surface area contributed by atoms with Gasteiger partial charge in [-0.2, -0.15) is 0 Å². The van der Waals surface area contributed by atoms with Crippen LogP contribution in [0.4, 0.5) is 5.69 Å². The predicted octanol–water partition coefficient (Wildman–Crippen LogP) is 2.38. The molecule has 1 aromatic carbocycles. The number of likely N-dealkylation sites (N-methyl/N-ethyl adjacent to an activating group) is 1. The van der Waals surface area contributed by atoms with E-state index >= 15 is 0 Å². The van der Waals surface area contributed by atoms with Crippen LogP contribution < -0.4 is 9.64 Å². The molecule has 1 atom stereocenters. The lowest BCUT2D eigenvalue weighted by Crippen LogP contribution is -2.50. The Hall–Kier alpha value is -1.71. The van der Waals surface area contributed by atoms with E-state index in [-0.39, 0.29) is 0 Å². The largest absolute Gasteiger partial charge is 0.495 e. The fraction of sp³-hybridized carbons (Fsp3) is 0.462. The number of ether oxygens (including phenoxy) is 1. The van der Waals surface area contributed by atoms with E-state index in [9.17, 15) is 9.90 Å². The van der Waals surface area contributed by atoms with Gasteiger partial charge in [0, 0.05) is 7.05 Å². The van der Waals surface area contributed by atoms with Crippen LogP contribution >= 0.6 is 0 Å². The molecular formula is C13H19NO3. The number of aliphatic carboxylic acids is 1. The van der Waals surface area contributed by atoms with Crippen molar-refractivity contribution < 1.29 is 14.6 Å². The van der Waals surface area contributed by atoms with Crippen LogP contribution in [0.5, 0.6) is 5.75 Å². The number of carboxylic acids is 1. The summed E-state index contributed by atoms with van der Waals surface area (Å²) in [5.41, 5.74) is -0.156. The third-order valence-electron chi connectivity index (χ3n) is 3.34. The highest BCUT2D eigenvalue weighted by Gasteiger charge is 2.36. The van der Waals surface area contributed by atoms with E-state index < -0.39 is 11.5 Å². The van der Waals surface area contributed by atoms with E-state index in [2.05, 4.69) is 0 Å². The molecule has 1 N–H and O–H groups in total. The summed E-state index contributed by atoms with van der Waals surface area (Å²) in [4.78, 5) is 13.1. The first kappa shape index (κ1) is 13.4. The van der Waals surface area contributed by atoms with Crippen LogP contribution in [0.15, 0.2) is 24.3 Å². The first-order valence-corrected chi connectivity index (χ1v) is 5.57. The Labute approximate surface area is 102 Å². The van der Waals surface area contributed by atoms with Gasteiger partial charge in [-0.3, -0.25) is 0 Å². The van der Waals surface area contributed by atoms with Gasteiger partial charge in [0.1, 0.15) is 11.3 Å². The number of nitrogens with zero attached hydrogens (tertiary/aromatic N) is 1. The second-order valence-corrected chi connectivity index (χ2v) is 4.16. The molecule has 0 spiro atoms. The molecule has 94 valence electrons. The number of methoxy groups -OCH3 is 1. The molecule has 0 heterocycles. The van der Waals surface area contributed by atoms with Crippen molar-refractivity contribution in [2.24, 2.45) is 0 Å². The van der Waals surface area contributed by atoms with Gasteiger partial charge in [0.25, 0.3) is 0 Å². The molecule has 0 aromatic heterocycles. The Kier molecular flexibility index (Phi) is 3.99. The molecule has 0 radical (unpaired) electrons. The molecule has 0 amide bonds. The Morgan fingerprint density at radius 3 is 2.53 bits per heavy atom. The minimum absolute atomic E-state index is 0.511. The Bertz CT molecular complexity index is 405. The molecule has 4 heteroatoms. The van der Waals surface area contributed by atoms with Crippen molar-refractivity contribution in [3.8, 4) is 5.75 Å². The Balaban J connectivity index is 3.19. The maximum atomic E-state index is 11.4. The lowest BCUT2D eigenvalue weighted by atomic mass is 9.96. The molecule has 0 saturated heterocycles. The van der Waals surface area contributed by atoms with Crippen molar-refractivity contribution >= 4 is 11.7 Å². The lowest BCUT2D eigenvalue weighted by Gasteiger charge is -2.36. The summed E-state index contributed by atoms with van der Waals surface area (Å²) in [5.74, 6) is -0.163. The highest BCUT2D eigenvalue weighted by molar-refractivity contribution is 5.83. The van der Waals surface area contributed by atoms with Crippen LogP contribution in [0.1, 0.15) is 20.3 Å². The van der Waals surface area contributed by atoms with E-state index in [0.717, 1.165) is 5.69 Å². The van der Waals surface area contributed by atoms with Crippen molar-refractivity contribution in [1.82, 2.24) is 0 Å². The van der Waals surface area contributed by atoms with Crippen LogP contribution in [-0.2, 0) is 4.79 Å². The summed E-state index contributed by atoms with van der Waals surface area (Å²) < 4.78 is 5.25. The third kappa shape index (κ3) is 2.35. The molecular weight excluding hydrogens is 218 g/mol. The third-order valence-corrected chi connectivity index (χ3v) is 3.34. The summed E-state index contributed by atoms with van der Waals surface area (Å²) in [7, 11) is 3.35. The maximum absolute atomic E-state index is 11.4. The van der Waals surface area contributed by atoms with Gasteiger partial charge in [-0.1, -0.05) is 19.1 Å². The normalized spacial score (nSPS) is 13.9. The molecule has 0 saturated carbocycles. The van der Waals surface area contributed by atoms with Gasteiger partial charge in [0.15, 0.2) is 0 Å². The van der Waals surface area contributed by atoms with Crippen molar-refractivity contribution in [2.45, 2.75) is 25.8 Å². The van der Waals surface area contributed by atoms with E-state index in [1.165, 1.54) is 0 Å². The molecule has 1 unspecified atom stereocenters. The van der Waals surface area contributed by atoms with E-state index in [0.29, 0.717) is 12.2 Å². The predicted molar refractivity (Wildman–Crippen MR) is 67.7 cm³/mol. The number of para-hydroxylation sites is 2. The van der Waals surface area contributed by atoms with E-state index in [1.807, 2.05) is 31.2 Å². The van der Waals surface area contributed by atoms with Gasteiger partial charge in [-0.25, -0.2) is 4.79 Å². The Morgan fingerprint density at radius 2 is 2.06 bits per heavy atom. The number of carboxylic acid groups (broad SMARTS) is 1. The van der Waals surface area contributed by atoms with Crippen LogP contribution in [0.25, 0.3) is 0 Å². The zero-order valence-electron chi connectivity index (χ0n) is 10.7. The molecule has 0 fully saturated rings. The average molecular weight is 237 g/mol. The van der Waals surface area contributed by atoms with E-state index in [4.69, 9.17) is 4.74 Å². The van der Waals surface area contributed by atoms with Crippen LogP contribution in [-0.4, -0.2) is 30.8 Å². The van der Waals surface area contributed by atoms with Crippen molar-refractivity contribution in [1.29, 1.82) is 0 Å². The van der Waals surface area contributed by atoms with Crippen LogP contribution in [0.3, 0.4) is 0 Å². The average Bonchev–Trinajstić information content (AvgIpc) is 2.36. The van der Waals surface area contributed by atoms with Crippen LogP contribution in [0, 0.1) is 0 Å². The second kappa shape index (κ2) is 5.08. The lowest BCUT2D eigenvalue weighted by molar-refractivity contribution is -0.142. The van der Waals surface area contributed by atoms with Gasteiger partial charge in [0.05, 0.1) is 12.8 Å². The molecule has 0 aliphatic rings. The number of carbonyl (C=O) groups is 1. The summed E-state index contributed by atoms with van der Waals surface area (Å²) in [6.07, 6.45) is 0.511. The zero-order chi connectivity index (χ0) is 13.1. The summed E-state index contributed by atoms with van der Waals surface area (Å²) in [6, 6.07) is 7.41. The number of anilines is 1. The van der Waals surface area contributed by atoms with Crippen molar-refractivity contribution in [3.63, 3.8) is 0 Å². The minimum atomic E-state index is -0.936. The fourth-order valence-corrected chi connectivity index (χ4v) is 1.70. The molecule has 4 nitrogen and oxygen atoms in total. The first-order valence-electron chi connectivity index (χ1n) is 5.57. The van der Waals surface area contributed by atoms with Gasteiger partial charge < -0.3 is 14.7 Å². The number of hydrogen-bond donors (Lipinski definition) is 1. The molecule has 0 bridgehead atoms. The molecule has 1 aromatic rings. The number of benzene rings is 1. The first-order chi connectivity index (χ1) is 7.97. The summed E-state index contributed by atoms with van der Waals surface area (Å²) in [5, 5.41) is 9.35. The molecule has 1 rings (SSSR count). The highest BCUT2D eigenvalue weighted by Crippen LogP contribution is 2.32. The Morgan fingerprint density at radius 1 is 1.47 bits per heavy atom. The molecule has 0 aliphatic heterocycles. The van der Waals surface area contributed by atoms with E-state index in [1.54, 1.807) is 26.0 Å². The SMILES string of the molecule is CCC(C)(C(=O)O)N(C)c1ccccc1OC. The second-order valence-electron chi connectivity index (χ2n) is 4.16. The van der Waals surface area contributed by atoms with Gasteiger partial charge in [0.2, 0.25) is 0 Å². The zero-order valence-corrected chi connectivity index (χ0v) is 10.7. The quantitative estimate of drug-likeness (QED) is 0.854. The van der Waals surface area contributed by atoms with Crippen LogP contribution in [0.2, 0.25) is 0 Å². The number of hydrogen-bond acceptors (Lipinski definition) is 3. The monoisotopic (exact) mass is 237 g/mol. The molecule has 17 heavy (non-hydrogen) atoms. The van der Waals surface area contributed by atoms with Gasteiger partial charge in [-0.05, 0) is 25.5 Å².